The Bertz CT molecular complexity index is 1070. The summed E-state index contributed by atoms with van der Waals surface area (Å²) in [5.74, 6) is -0.557. The van der Waals surface area contributed by atoms with E-state index in [1.807, 2.05) is 0 Å². The Labute approximate surface area is 166 Å². The van der Waals surface area contributed by atoms with Crippen molar-refractivity contribution >= 4 is 33.5 Å². The molecule has 0 saturated heterocycles. The first-order valence-corrected chi connectivity index (χ1v) is 9.35. The lowest BCUT2D eigenvalue weighted by molar-refractivity contribution is -0.136. The summed E-state index contributed by atoms with van der Waals surface area (Å²) in [6, 6.07) is -0.961. The van der Waals surface area contributed by atoms with Crippen molar-refractivity contribution in [2.45, 2.75) is 53.0 Å². The average Bonchev–Trinajstić information content (AvgIpc) is 2.89. The molecule has 0 radical (unpaired) electrons. The molecule has 0 fully saturated rings. The molecule has 0 aromatic carbocycles. The Balaban J connectivity index is 2.67. The topological polar surface area (TPSA) is 119 Å². The van der Waals surface area contributed by atoms with Crippen LogP contribution in [-0.4, -0.2) is 32.3 Å². The monoisotopic (exact) mass is 435 g/mol. The van der Waals surface area contributed by atoms with Crippen LogP contribution in [0.25, 0.3) is 10.2 Å². The van der Waals surface area contributed by atoms with E-state index >= 15 is 0 Å². The quantitative estimate of drug-likeness (QED) is 0.691. The molecule has 3 amide bonds. The minimum Gasteiger partial charge on any atom is -0.350 e. The number of primary amides is 1. The molecule has 2 rings (SSSR count). The molecule has 3 N–H and O–H groups in total. The Kier molecular flexibility index (Phi) is 6.40. The number of rotatable bonds is 5. The fourth-order valence-corrected chi connectivity index (χ4v) is 4.12. The molecule has 0 bridgehead atoms. The Hall–Kier alpha value is -2.83. The summed E-state index contributed by atoms with van der Waals surface area (Å²) in [7, 11) is 0. The number of hydrogen-bond acceptors (Lipinski definition) is 5. The highest BCUT2D eigenvalue weighted by Crippen LogP contribution is 2.30. The smallest absolute Gasteiger partial charge is 0.350 e. The summed E-state index contributed by atoms with van der Waals surface area (Å²) >= 11 is 0.903. The number of alkyl halides is 3. The predicted octanol–water partition coefficient (Wildman–Crippen LogP) is 1.44. The van der Waals surface area contributed by atoms with Crippen LogP contribution in [0, 0.1) is 6.92 Å². The first kappa shape index (κ1) is 22.5. The number of hydrogen-bond donors (Lipinski definition) is 2. The molecule has 0 aliphatic heterocycles. The number of carbonyl (C=O) groups excluding carboxylic acids is 2. The molecule has 2 heterocycles. The van der Waals surface area contributed by atoms with E-state index in [2.05, 4.69) is 5.43 Å². The summed E-state index contributed by atoms with van der Waals surface area (Å²) in [5.41, 5.74) is 6.40. The summed E-state index contributed by atoms with van der Waals surface area (Å²) in [5, 5.41) is 0.914. The predicted molar refractivity (Wildman–Crippen MR) is 100 cm³/mol. The molecule has 13 heteroatoms. The molecule has 9 nitrogen and oxygen atoms in total. The van der Waals surface area contributed by atoms with E-state index in [9.17, 15) is 32.3 Å². The molecule has 0 unspecified atom stereocenters. The second-order valence-corrected chi connectivity index (χ2v) is 7.36. The summed E-state index contributed by atoms with van der Waals surface area (Å²) in [6.45, 7) is 3.40. The lowest BCUT2D eigenvalue weighted by atomic mass is 10.2. The van der Waals surface area contributed by atoms with Crippen LogP contribution in [0.1, 0.15) is 30.7 Å². The van der Waals surface area contributed by atoms with E-state index in [1.54, 1.807) is 6.92 Å². The van der Waals surface area contributed by atoms with Crippen molar-refractivity contribution in [1.82, 2.24) is 19.6 Å². The van der Waals surface area contributed by atoms with Crippen molar-refractivity contribution in [1.29, 1.82) is 0 Å². The molecule has 160 valence electrons. The number of halogens is 3. The third-order valence-corrected chi connectivity index (χ3v) is 5.49. The van der Waals surface area contributed by atoms with Gasteiger partial charge < -0.3 is 5.73 Å². The van der Waals surface area contributed by atoms with Crippen LogP contribution in [0.4, 0.5) is 18.0 Å². The number of urea groups is 1. The number of aromatic nitrogens is 2. The van der Waals surface area contributed by atoms with E-state index in [1.165, 1.54) is 13.8 Å². The molecule has 0 saturated carbocycles. The number of nitrogens with zero attached hydrogens (tertiary/aromatic N) is 3. The van der Waals surface area contributed by atoms with E-state index < -0.39 is 42.3 Å². The Morgan fingerprint density at radius 1 is 1.24 bits per heavy atom. The number of fused-ring (bicyclic) bond motifs is 1. The molecular weight excluding hydrogens is 415 g/mol. The Morgan fingerprint density at radius 3 is 2.34 bits per heavy atom. The molecule has 0 atom stereocenters. The van der Waals surface area contributed by atoms with Gasteiger partial charge in [-0.25, -0.2) is 14.6 Å². The maximum absolute atomic E-state index is 12.7. The largest absolute Gasteiger partial charge is 0.390 e. The van der Waals surface area contributed by atoms with Crippen molar-refractivity contribution in [2.24, 2.45) is 5.73 Å². The van der Waals surface area contributed by atoms with Gasteiger partial charge in [-0.05, 0) is 19.4 Å². The van der Waals surface area contributed by atoms with Crippen LogP contribution >= 0.6 is 11.3 Å². The van der Waals surface area contributed by atoms with Gasteiger partial charge in [0.2, 0.25) is 5.91 Å². The maximum atomic E-state index is 12.7. The fraction of sp³-hybridized carbons (Fsp3) is 0.500. The zero-order valence-corrected chi connectivity index (χ0v) is 16.7. The zero-order chi connectivity index (χ0) is 22.1. The second-order valence-electron chi connectivity index (χ2n) is 6.27. The van der Waals surface area contributed by atoms with Gasteiger partial charge in [0, 0.05) is 24.9 Å². The van der Waals surface area contributed by atoms with Gasteiger partial charge in [0.25, 0.3) is 5.56 Å². The standard InChI is InChI=1S/C16H20F3N5O4S/c1-4-22-12(26)11-8(2)10(7-24(14(20)27)21-9(3)25)29-13(11)23(15(22)28)6-5-16(17,18)19/h4-7H2,1-3H3,(H2,20,27)(H,21,25). The van der Waals surface area contributed by atoms with Gasteiger partial charge in [-0.1, -0.05) is 0 Å². The summed E-state index contributed by atoms with van der Waals surface area (Å²) in [6.07, 6.45) is -5.72. The summed E-state index contributed by atoms with van der Waals surface area (Å²) in [4.78, 5) is 48.6. The van der Waals surface area contributed by atoms with Crippen LogP contribution in [0.2, 0.25) is 0 Å². The minimum absolute atomic E-state index is 0.0104. The number of amides is 3. The third-order valence-electron chi connectivity index (χ3n) is 4.19. The molecule has 2 aromatic rings. The van der Waals surface area contributed by atoms with Gasteiger partial charge in [0.1, 0.15) is 4.83 Å². The normalized spacial score (nSPS) is 11.7. The second kappa shape index (κ2) is 8.27. The van der Waals surface area contributed by atoms with E-state index in [-0.39, 0.29) is 23.3 Å². The van der Waals surface area contributed by atoms with Crippen LogP contribution < -0.4 is 22.4 Å². The average molecular weight is 435 g/mol. The first-order chi connectivity index (χ1) is 13.4. The lowest BCUT2D eigenvalue weighted by Crippen LogP contribution is -2.47. The number of aryl methyl sites for hydroxylation is 2. The summed E-state index contributed by atoms with van der Waals surface area (Å²) < 4.78 is 40.0. The van der Waals surface area contributed by atoms with Gasteiger partial charge >= 0.3 is 17.9 Å². The maximum Gasteiger partial charge on any atom is 0.390 e. The molecule has 2 aromatic heterocycles. The van der Waals surface area contributed by atoms with Crippen molar-refractivity contribution in [3.63, 3.8) is 0 Å². The minimum atomic E-state index is -4.48. The Morgan fingerprint density at radius 2 is 1.86 bits per heavy atom. The van der Waals surface area contributed by atoms with E-state index in [0.29, 0.717) is 10.4 Å². The van der Waals surface area contributed by atoms with E-state index in [0.717, 1.165) is 25.5 Å². The lowest BCUT2D eigenvalue weighted by Gasteiger charge is -2.19. The van der Waals surface area contributed by atoms with Crippen LogP contribution in [-0.2, 0) is 24.4 Å². The van der Waals surface area contributed by atoms with Crippen LogP contribution in [0.5, 0.6) is 0 Å². The van der Waals surface area contributed by atoms with Gasteiger partial charge in [-0.2, -0.15) is 13.2 Å². The SMILES string of the molecule is CCn1c(=O)c2c(C)c(CN(NC(C)=O)C(N)=O)sc2n(CCC(F)(F)F)c1=O. The molecule has 29 heavy (non-hydrogen) atoms. The molecule has 0 aliphatic carbocycles. The highest BCUT2D eigenvalue weighted by atomic mass is 32.1. The highest BCUT2D eigenvalue weighted by Gasteiger charge is 2.29. The molecule has 0 aliphatic rings. The van der Waals surface area contributed by atoms with Crippen molar-refractivity contribution < 1.29 is 22.8 Å². The number of nitrogens with two attached hydrogens (primary N) is 1. The zero-order valence-electron chi connectivity index (χ0n) is 15.9. The fourth-order valence-electron chi connectivity index (χ4n) is 2.81. The van der Waals surface area contributed by atoms with Crippen LogP contribution in [0.3, 0.4) is 0 Å². The number of nitrogens with one attached hydrogen (secondary N) is 1. The van der Waals surface area contributed by atoms with Gasteiger partial charge in [-0.15, -0.1) is 11.3 Å². The van der Waals surface area contributed by atoms with Gasteiger partial charge in [0.05, 0.1) is 18.4 Å². The van der Waals surface area contributed by atoms with Crippen molar-refractivity contribution in [3.05, 3.63) is 31.3 Å². The van der Waals surface area contributed by atoms with Gasteiger partial charge in [-0.3, -0.25) is 24.1 Å². The van der Waals surface area contributed by atoms with Crippen LogP contribution in [0.15, 0.2) is 9.59 Å². The first-order valence-electron chi connectivity index (χ1n) is 8.53. The number of hydrazine groups is 1. The third kappa shape index (κ3) is 4.78. The molecular formula is C16H20F3N5O4S. The van der Waals surface area contributed by atoms with Gasteiger partial charge in [0.15, 0.2) is 0 Å². The van der Waals surface area contributed by atoms with Crippen molar-refractivity contribution in [2.75, 3.05) is 0 Å². The molecule has 0 spiro atoms. The number of carbonyl (C=O) groups is 2. The van der Waals surface area contributed by atoms with E-state index in [4.69, 9.17) is 5.73 Å². The highest BCUT2D eigenvalue weighted by molar-refractivity contribution is 7.18. The number of thiophene rings is 1. The van der Waals surface area contributed by atoms with Crippen molar-refractivity contribution in [3.8, 4) is 0 Å².